The Bertz CT molecular complexity index is 1330. The molecule has 11 heteroatoms. The summed E-state index contributed by atoms with van der Waals surface area (Å²) < 4.78 is 37.3. The second-order valence-electron chi connectivity index (χ2n) is 11.7. The van der Waals surface area contributed by atoms with Crippen molar-refractivity contribution in [2.75, 3.05) is 19.6 Å². The highest BCUT2D eigenvalue weighted by Gasteiger charge is 2.41. The summed E-state index contributed by atoms with van der Waals surface area (Å²) in [4.78, 5) is 24.0. The van der Waals surface area contributed by atoms with E-state index in [-0.39, 0.29) is 39.5 Å². The number of aromatic amines is 1. The first kappa shape index (κ1) is 34.6. The second kappa shape index (κ2) is 14.0. The number of nitrogens with zero attached hydrogens (tertiary/aromatic N) is 2. The number of benzene rings is 2. The number of hydrogen-bond acceptors (Lipinski definition) is 7. The molecule has 0 atom stereocenters. The molecule has 3 aromatic rings. The number of hydrogen-bond donors (Lipinski definition) is 4. The van der Waals surface area contributed by atoms with Gasteiger partial charge < -0.3 is 9.90 Å². The number of H-pyrrole nitrogens is 1. The Hall–Kier alpha value is -2.60. The lowest BCUT2D eigenvalue weighted by molar-refractivity contribution is -0.122. The summed E-state index contributed by atoms with van der Waals surface area (Å²) in [5.74, 6) is -1.50. The summed E-state index contributed by atoms with van der Waals surface area (Å²) in [6, 6.07) is 11.3. The smallest absolute Gasteiger partial charge is 0.177 e. The molecule has 2 aromatic carbocycles. The van der Waals surface area contributed by atoms with Gasteiger partial charge in [-0.05, 0) is 53.6 Å². The third-order valence-electron chi connectivity index (χ3n) is 6.20. The minimum absolute atomic E-state index is 0.0820. The average molecular weight is 610 g/mol. The quantitative estimate of drug-likeness (QED) is 0.146. The normalized spacial score (nSPS) is 14.6. The Morgan fingerprint density at radius 1 is 1.00 bits per heavy atom. The molecule has 1 aliphatic heterocycles. The maximum absolute atomic E-state index is 13.4. The van der Waals surface area contributed by atoms with Crippen molar-refractivity contribution in [3.05, 3.63) is 77.2 Å². The number of Topliss-reactive ketones (excluding diaryl/α,β-unsaturated/α-hetero) is 2. The standard InChI is InChI=1S/C11H8F2N2O.C10H13F.C9H17NO2S2/c1-6(16)10-5-11(15-14-10)8-3-2-7(12)4-9(8)13;1-10(2,3)8-4-6-9(11)7-5-8;1-7(11)3-8(2)4-10(5-8)6-9(12,13)14/h2-5H,1H3,(H,14,15);4-7H,1-3H3;12-14H,3-6H2,1-2H3. The lowest BCUT2D eigenvalue weighted by Crippen LogP contribution is -2.57. The Balaban J connectivity index is 0.000000219. The van der Waals surface area contributed by atoms with Crippen LogP contribution in [0.3, 0.4) is 0 Å². The first-order valence-electron chi connectivity index (χ1n) is 12.9. The van der Waals surface area contributed by atoms with Crippen LogP contribution in [0.25, 0.3) is 11.3 Å². The van der Waals surface area contributed by atoms with Crippen LogP contribution in [0.15, 0.2) is 48.5 Å². The van der Waals surface area contributed by atoms with E-state index in [1.807, 2.05) is 17.0 Å². The van der Waals surface area contributed by atoms with Crippen molar-refractivity contribution in [2.45, 2.75) is 57.6 Å². The van der Waals surface area contributed by atoms with Gasteiger partial charge >= 0.3 is 0 Å². The number of nitrogens with one attached hydrogen (secondary N) is 1. The zero-order valence-electron chi connectivity index (χ0n) is 24.1. The van der Waals surface area contributed by atoms with E-state index in [2.05, 4.69) is 63.1 Å². The minimum Gasteiger partial charge on any atom is -0.369 e. The molecule has 4 rings (SSSR count). The van der Waals surface area contributed by atoms with Crippen molar-refractivity contribution in [3.63, 3.8) is 0 Å². The van der Waals surface area contributed by atoms with Crippen LogP contribution >= 0.6 is 25.3 Å². The minimum atomic E-state index is -1.24. The van der Waals surface area contributed by atoms with Crippen molar-refractivity contribution >= 4 is 36.8 Å². The molecular weight excluding hydrogens is 571 g/mol. The third-order valence-corrected chi connectivity index (χ3v) is 6.48. The highest BCUT2D eigenvalue weighted by Crippen LogP contribution is 2.35. The Morgan fingerprint density at radius 3 is 2.00 bits per heavy atom. The number of likely N-dealkylation sites (tertiary alicyclic amines) is 1. The van der Waals surface area contributed by atoms with Crippen LogP contribution < -0.4 is 0 Å². The number of halogens is 3. The number of carbonyl (C=O) groups excluding carboxylic acids is 2. The number of thiol groups is 2. The van der Waals surface area contributed by atoms with E-state index < -0.39 is 15.9 Å². The van der Waals surface area contributed by atoms with E-state index in [0.29, 0.717) is 18.7 Å². The van der Waals surface area contributed by atoms with Crippen LogP contribution in [0.1, 0.15) is 64.0 Å². The van der Waals surface area contributed by atoms with Crippen LogP contribution in [-0.4, -0.2) is 55.7 Å². The lowest BCUT2D eigenvalue weighted by Gasteiger charge is -2.49. The summed E-state index contributed by atoms with van der Waals surface area (Å²) in [6.07, 6.45) is 0.612. The fourth-order valence-electron chi connectivity index (χ4n) is 4.45. The van der Waals surface area contributed by atoms with E-state index in [1.165, 1.54) is 36.8 Å². The van der Waals surface area contributed by atoms with Crippen LogP contribution in [0.5, 0.6) is 0 Å². The molecule has 0 amide bonds. The summed E-state index contributed by atoms with van der Waals surface area (Å²) in [5.41, 5.74) is 2.09. The van der Waals surface area contributed by atoms with Gasteiger partial charge in [0, 0.05) is 44.6 Å². The molecule has 0 unspecified atom stereocenters. The molecule has 224 valence electrons. The fraction of sp³-hybridized carbons (Fsp3) is 0.433. The zero-order chi connectivity index (χ0) is 31.2. The Kier molecular flexibility index (Phi) is 11.9. The van der Waals surface area contributed by atoms with Gasteiger partial charge in [-0.2, -0.15) is 5.10 Å². The molecule has 41 heavy (non-hydrogen) atoms. The molecule has 0 saturated carbocycles. The number of aromatic nitrogens is 2. The highest BCUT2D eigenvalue weighted by atomic mass is 32.2. The fourth-order valence-corrected chi connectivity index (χ4v) is 4.85. The molecule has 0 spiro atoms. The van der Waals surface area contributed by atoms with Gasteiger partial charge in [-0.25, -0.2) is 13.2 Å². The maximum Gasteiger partial charge on any atom is 0.177 e. The second-order valence-corrected chi connectivity index (χ2v) is 13.5. The number of aliphatic hydroxyl groups is 1. The summed E-state index contributed by atoms with van der Waals surface area (Å²) in [7, 11) is 0. The Morgan fingerprint density at radius 2 is 1.56 bits per heavy atom. The van der Waals surface area contributed by atoms with Crippen LogP contribution in [0.4, 0.5) is 13.2 Å². The SMILES string of the molecule is CC(=O)CC1(C)CN(CC(O)(S)S)C1.CC(=O)c1cc(-c2ccc(F)cc2F)n[nH]1.CC(C)(C)c1ccc(F)cc1. The van der Waals surface area contributed by atoms with E-state index in [4.69, 9.17) is 0 Å². The van der Waals surface area contributed by atoms with E-state index in [0.717, 1.165) is 25.2 Å². The topological polar surface area (TPSA) is 86.3 Å². The van der Waals surface area contributed by atoms with Crippen molar-refractivity contribution in [2.24, 2.45) is 5.41 Å². The predicted molar refractivity (Wildman–Crippen MR) is 162 cm³/mol. The first-order valence-corrected chi connectivity index (χ1v) is 13.8. The molecule has 0 radical (unpaired) electrons. The largest absolute Gasteiger partial charge is 0.369 e. The highest BCUT2D eigenvalue weighted by molar-refractivity contribution is 8.00. The van der Waals surface area contributed by atoms with E-state index in [1.54, 1.807) is 6.92 Å². The molecule has 0 bridgehead atoms. The van der Waals surface area contributed by atoms with Crippen molar-refractivity contribution in [1.29, 1.82) is 0 Å². The lowest BCUT2D eigenvalue weighted by atomic mass is 9.78. The molecule has 1 saturated heterocycles. The van der Waals surface area contributed by atoms with E-state index >= 15 is 0 Å². The number of carbonyl (C=O) groups is 2. The van der Waals surface area contributed by atoms with Gasteiger partial charge in [0.25, 0.3) is 0 Å². The van der Waals surface area contributed by atoms with Gasteiger partial charge in [0.15, 0.2) is 10.0 Å². The number of β-amino-alcohol motifs (C(OH)–C–C–N with tert-alkyl or cyclic N) is 1. The summed E-state index contributed by atoms with van der Waals surface area (Å²) in [5, 5.41) is 15.6. The van der Waals surface area contributed by atoms with Crippen LogP contribution in [0.2, 0.25) is 0 Å². The number of rotatable bonds is 6. The van der Waals surface area contributed by atoms with Gasteiger partial charge in [-0.1, -0.05) is 39.8 Å². The van der Waals surface area contributed by atoms with Gasteiger partial charge in [0.1, 0.15) is 28.9 Å². The molecule has 1 fully saturated rings. The Labute approximate surface area is 250 Å². The monoisotopic (exact) mass is 609 g/mol. The summed E-state index contributed by atoms with van der Waals surface area (Å²) in [6.45, 7) is 13.5. The summed E-state index contributed by atoms with van der Waals surface area (Å²) >= 11 is 7.84. The van der Waals surface area contributed by atoms with Gasteiger partial charge in [0.05, 0.1) is 5.69 Å². The first-order chi connectivity index (χ1) is 18.8. The molecule has 1 aliphatic rings. The number of ketones is 2. The molecular formula is C30H38F3N3O3S2. The maximum atomic E-state index is 13.4. The van der Waals surface area contributed by atoms with Gasteiger partial charge in [-0.3, -0.25) is 14.8 Å². The molecule has 6 nitrogen and oxygen atoms in total. The molecule has 2 heterocycles. The van der Waals surface area contributed by atoms with Crippen molar-refractivity contribution < 1.29 is 27.9 Å². The molecule has 1 aromatic heterocycles. The van der Waals surface area contributed by atoms with Crippen molar-refractivity contribution in [3.8, 4) is 11.3 Å². The van der Waals surface area contributed by atoms with Crippen LogP contribution in [0, 0.1) is 22.9 Å². The van der Waals surface area contributed by atoms with E-state index in [9.17, 15) is 27.9 Å². The average Bonchev–Trinajstić information content (AvgIpc) is 3.27. The zero-order valence-corrected chi connectivity index (χ0v) is 25.9. The third kappa shape index (κ3) is 11.7. The van der Waals surface area contributed by atoms with Crippen molar-refractivity contribution in [1.82, 2.24) is 15.1 Å². The van der Waals surface area contributed by atoms with Gasteiger partial charge in [0.2, 0.25) is 0 Å². The molecule has 2 N–H and O–H groups in total. The predicted octanol–water partition coefficient (Wildman–Crippen LogP) is 6.47. The van der Waals surface area contributed by atoms with Crippen LogP contribution in [-0.2, 0) is 10.2 Å². The molecule has 0 aliphatic carbocycles. The van der Waals surface area contributed by atoms with Gasteiger partial charge in [-0.15, -0.1) is 25.3 Å².